The van der Waals surface area contributed by atoms with E-state index in [9.17, 15) is 14.7 Å². The normalized spacial score (nSPS) is 44.7. The maximum absolute atomic E-state index is 14.2. The number of carboxylic acids is 1. The Morgan fingerprint density at radius 2 is 1.83 bits per heavy atom. The molecule has 10 atom stereocenters. The molecule has 7 nitrogen and oxygen atoms in total. The number of piperazine rings is 1. The van der Waals surface area contributed by atoms with Crippen LogP contribution in [0.2, 0.25) is 0 Å². The topological polar surface area (TPSA) is 73.3 Å². The largest absolute Gasteiger partial charge is 0.481 e. The van der Waals surface area contributed by atoms with Gasteiger partial charge in [0.05, 0.1) is 17.6 Å². The molecule has 2 aliphatic heterocycles. The van der Waals surface area contributed by atoms with Gasteiger partial charge in [-0.25, -0.2) is 0 Å². The summed E-state index contributed by atoms with van der Waals surface area (Å²) in [4.78, 5) is 35.5. The molecule has 7 heteroatoms. The number of fused-ring (bicyclic) bond motifs is 2. The number of allylic oxidation sites excluding steroid dienone is 1. The Morgan fingerprint density at radius 3 is 2.48 bits per heavy atom. The van der Waals surface area contributed by atoms with Crippen LogP contribution in [0.25, 0.3) is 0 Å². The molecule has 1 N–H and O–H groups in total. The Labute approximate surface area is 278 Å². The van der Waals surface area contributed by atoms with Crippen LogP contribution in [0.5, 0.6) is 0 Å². The number of aliphatic carboxylic acids is 1. The SMILES string of the molecule is CCN(CCN1CCN(C)CC1)C[C@@H]1O[C@@H](C23C[C@@H]4[C@H](C)CC[C@H]4C4(C=O)CC2C=C(C(C)C)[C@]43C(=O)O)C[C@H]1C1CCCCC1. The predicted octanol–water partition coefficient (Wildman–Crippen LogP) is 5.83. The van der Waals surface area contributed by atoms with Crippen LogP contribution in [0.3, 0.4) is 0 Å². The van der Waals surface area contributed by atoms with Gasteiger partial charge in [0.2, 0.25) is 0 Å². The number of hydrogen-bond donors (Lipinski definition) is 1. The van der Waals surface area contributed by atoms with Crippen LogP contribution in [0.4, 0.5) is 0 Å². The molecule has 7 rings (SSSR count). The molecule has 5 aliphatic carbocycles. The van der Waals surface area contributed by atoms with Crippen LogP contribution in [0.1, 0.15) is 91.9 Å². The van der Waals surface area contributed by atoms with Gasteiger partial charge in [0, 0.05) is 51.2 Å². The quantitative estimate of drug-likeness (QED) is 0.226. The van der Waals surface area contributed by atoms with Crippen molar-refractivity contribution in [1.82, 2.24) is 14.7 Å². The number of aldehydes is 1. The highest BCUT2D eigenvalue weighted by Crippen LogP contribution is 2.84. The first kappa shape index (κ1) is 33.2. The standard InChI is InChI=1S/C39H63N3O4/c1-6-41(18-19-42-16-14-40(5)15-17-42)24-34-30(28-10-8-7-9-11-28)21-35(46-34)38-23-31-27(4)12-13-32(31)37(25-43)22-29(38)20-33(26(2)3)39(37,38)36(44)45/h20,25-32,34-35H,6-19,21-24H2,1-5H3,(H,44,45)/t27-,29?,30+,31-,32-,34+,35-,37?,38?,39+/m1/s1. The van der Waals surface area contributed by atoms with Gasteiger partial charge < -0.3 is 19.5 Å². The maximum atomic E-state index is 14.2. The second kappa shape index (κ2) is 12.6. The zero-order chi connectivity index (χ0) is 32.4. The molecule has 0 aromatic rings. The molecule has 4 bridgehead atoms. The van der Waals surface area contributed by atoms with Crippen molar-refractivity contribution < 1.29 is 19.4 Å². The van der Waals surface area contributed by atoms with Gasteiger partial charge in [-0.1, -0.05) is 77.9 Å². The van der Waals surface area contributed by atoms with Gasteiger partial charge in [-0.15, -0.1) is 0 Å². The Hall–Kier alpha value is -1.28. The van der Waals surface area contributed by atoms with Crippen molar-refractivity contribution in [3.63, 3.8) is 0 Å². The van der Waals surface area contributed by atoms with Crippen molar-refractivity contribution >= 4 is 12.3 Å². The van der Waals surface area contributed by atoms with Crippen LogP contribution in [0.15, 0.2) is 11.6 Å². The van der Waals surface area contributed by atoms with Crippen LogP contribution in [-0.2, 0) is 14.3 Å². The molecule has 0 spiro atoms. The molecule has 0 amide bonds. The number of hydrogen-bond acceptors (Lipinski definition) is 6. The fourth-order valence-electron chi connectivity index (χ4n) is 13.2. The summed E-state index contributed by atoms with van der Waals surface area (Å²) in [5.41, 5.74) is -1.44. The monoisotopic (exact) mass is 637 g/mol. The van der Waals surface area contributed by atoms with E-state index in [-0.39, 0.29) is 30.0 Å². The Kier molecular flexibility index (Phi) is 9.07. The second-order valence-electron chi connectivity index (χ2n) is 17.4. The molecule has 0 radical (unpaired) electrons. The van der Waals surface area contributed by atoms with Crippen LogP contribution < -0.4 is 0 Å². The van der Waals surface area contributed by atoms with Crippen molar-refractivity contribution in [3.8, 4) is 0 Å². The number of likely N-dealkylation sites (N-methyl/N-ethyl adjacent to an activating group) is 2. The summed E-state index contributed by atoms with van der Waals surface area (Å²) in [6.45, 7) is 17.7. The predicted molar refractivity (Wildman–Crippen MR) is 181 cm³/mol. The van der Waals surface area contributed by atoms with Crippen LogP contribution >= 0.6 is 0 Å². The Morgan fingerprint density at radius 1 is 1.09 bits per heavy atom. The number of nitrogens with zero attached hydrogens (tertiary/aromatic N) is 3. The number of ether oxygens (including phenoxy) is 1. The van der Waals surface area contributed by atoms with Gasteiger partial charge in [0.25, 0.3) is 0 Å². The van der Waals surface area contributed by atoms with E-state index < -0.39 is 22.2 Å². The van der Waals surface area contributed by atoms with Crippen molar-refractivity contribution in [3.05, 3.63) is 11.6 Å². The third kappa shape index (κ3) is 4.70. The second-order valence-corrected chi connectivity index (χ2v) is 17.4. The number of carbonyl (C=O) groups is 2. The molecule has 0 aromatic heterocycles. The lowest BCUT2D eigenvalue weighted by Gasteiger charge is -2.60. The van der Waals surface area contributed by atoms with E-state index in [0.717, 1.165) is 83.6 Å². The van der Waals surface area contributed by atoms with E-state index in [1.807, 2.05) is 0 Å². The van der Waals surface area contributed by atoms with E-state index in [1.165, 1.54) is 38.4 Å². The van der Waals surface area contributed by atoms with Gasteiger partial charge >= 0.3 is 5.97 Å². The van der Waals surface area contributed by atoms with E-state index in [2.05, 4.69) is 55.5 Å². The maximum Gasteiger partial charge on any atom is 0.315 e. The number of carboxylic acid groups (broad SMARTS) is 1. The van der Waals surface area contributed by atoms with Crippen molar-refractivity contribution in [2.75, 3.05) is 59.4 Å². The zero-order valence-corrected chi connectivity index (χ0v) is 29.6. The molecular formula is C39H63N3O4. The molecule has 46 heavy (non-hydrogen) atoms. The van der Waals surface area contributed by atoms with Gasteiger partial charge in [0.1, 0.15) is 11.7 Å². The molecule has 6 fully saturated rings. The first-order valence-electron chi connectivity index (χ1n) is 19.3. The van der Waals surface area contributed by atoms with E-state index in [1.54, 1.807) is 0 Å². The first-order chi connectivity index (χ1) is 22.1. The molecule has 3 unspecified atom stereocenters. The van der Waals surface area contributed by atoms with Gasteiger partial charge in [0.15, 0.2) is 0 Å². The minimum absolute atomic E-state index is 0.104. The summed E-state index contributed by atoms with van der Waals surface area (Å²) in [5, 5.41) is 11.6. The van der Waals surface area contributed by atoms with E-state index in [0.29, 0.717) is 30.1 Å². The van der Waals surface area contributed by atoms with E-state index in [4.69, 9.17) is 4.74 Å². The number of carbonyl (C=O) groups excluding carboxylic acids is 1. The third-order valence-corrected chi connectivity index (χ3v) is 15.3. The smallest absolute Gasteiger partial charge is 0.315 e. The molecule has 2 saturated heterocycles. The lowest BCUT2D eigenvalue weighted by molar-refractivity contribution is -0.197. The van der Waals surface area contributed by atoms with Crippen LogP contribution in [0, 0.1) is 57.7 Å². The highest BCUT2D eigenvalue weighted by molar-refractivity contribution is 5.90. The summed E-state index contributed by atoms with van der Waals surface area (Å²) < 4.78 is 7.51. The number of rotatable bonds is 11. The fraction of sp³-hybridized carbons (Fsp3) is 0.897. The summed E-state index contributed by atoms with van der Waals surface area (Å²) in [6.07, 6.45) is 14.8. The van der Waals surface area contributed by atoms with E-state index >= 15 is 0 Å². The minimum Gasteiger partial charge on any atom is -0.481 e. The molecule has 4 saturated carbocycles. The molecule has 7 aliphatic rings. The molecule has 0 aromatic carbocycles. The highest BCUT2D eigenvalue weighted by atomic mass is 16.5. The van der Waals surface area contributed by atoms with Crippen molar-refractivity contribution in [2.24, 2.45) is 57.7 Å². The fourth-order valence-corrected chi connectivity index (χ4v) is 13.2. The summed E-state index contributed by atoms with van der Waals surface area (Å²) in [7, 11) is 2.22. The van der Waals surface area contributed by atoms with Crippen molar-refractivity contribution in [2.45, 2.75) is 104 Å². The van der Waals surface area contributed by atoms with Crippen molar-refractivity contribution in [1.29, 1.82) is 0 Å². The molecule has 2 heterocycles. The van der Waals surface area contributed by atoms with Crippen LogP contribution in [-0.4, -0.2) is 104 Å². The highest BCUT2D eigenvalue weighted by Gasteiger charge is 2.86. The Bertz CT molecular complexity index is 1180. The van der Waals surface area contributed by atoms with Gasteiger partial charge in [-0.05, 0) is 80.7 Å². The van der Waals surface area contributed by atoms with Gasteiger partial charge in [-0.2, -0.15) is 0 Å². The Balaban J connectivity index is 1.23. The summed E-state index contributed by atoms with van der Waals surface area (Å²) >= 11 is 0. The molecular weight excluding hydrogens is 574 g/mol. The lowest BCUT2D eigenvalue weighted by atomic mass is 9.41. The molecule has 258 valence electrons. The average molecular weight is 638 g/mol. The third-order valence-electron chi connectivity index (χ3n) is 15.3. The zero-order valence-electron chi connectivity index (χ0n) is 29.6. The average Bonchev–Trinajstić information content (AvgIpc) is 3.77. The summed E-state index contributed by atoms with van der Waals surface area (Å²) in [5.74, 6) is 1.72. The lowest BCUT2D eigenvalue weighted by Crippen LogP contribution is -2.65. The first-order valence-corrected chi connectivity index (χ1v) is 19.3. The minimum atomic E-state index is -1.14. The van der Waals surface area contributed by atoms with Gasteiger partial charge in [-0.3, -0.25) is 14.6 Å². The summed E-state index contributed by atoms with van der Waals surface area (Å²) in [6, 6.07) is 0.